The average Bonchev–Trinajstić information content (AvgIpc) is 3.32. The molecule has 0 bridgehead atoms. The van der Waals surface area contributed by atoms with Gasteiger partial charge in [-0.2, -0.15) is 5.10 Å². The Morgan fingerprint density at radius 1 is 1.08 bits per heavy atom. The highest BCUT2D eigenvalue weighted by molar-refractivity contribution is 6.03. The number of rotatable bonds is 7. The number of urea groups is 1. The molecule has 0 aromatic heterocycles. The maximum absolute atomic E-state index is 14.6. The lowest BCUT2D eigenvalue weighted by Gasteiger charge is -2.32. The van der Waals surface area contributed by atoms with Crippen LogP contribution in [0.3, 0.4) is 0 Å². The zero-order chi connectivity index (χ0) is 26.4. The summed E-state index contributed by atoms with van der Waals surface area (Å²) in [4.78, 5) is 30.6. The first-order valence-electron chi connectivity index (χ1n) is 12.8. The van der Waals surface area contributed by atoms with E-state index < -0.39 is 5.54 Å². The molecule has 2 aliphatic heterocycles. The van der Waals surface area contributed by atoms with Gasteiger partial charge in [-0.25, -0.2) is 14.2 Å². The summed E-state index contributed by atoms with van der Waals surface area (Å²) in [6, 6.07) is 15.4. The third-order valence-corrected chi connectivity index (χ3v) is 6.42. The van der Waals surface area contributed by atoms with Crippen molar-refractivity contribution >= 4 is 17.6 Å². The zero-order valence-electron chi connectivity index (χ0n) is 21.8. The third-order valence-electron chi connectivity index (χ3n) is 6.42. The van der Waals surface area contributed by atoms with E-state index >= 15 is 0 Å². The molecule has 1 atom stereocenters. The number of carbonyl (C=O) groups excluding carboxylic acids is 2. The van der Waals surface area contributed by atoms with E-state index in [1.165, 1.54) is 11.1 Å². The van der Waals surface area contributed by atoms with Gasteiger partial charge in [-0.3, -0.25) is 9.69 Å². The largest absolute Gasteiger partial charge is 0.379 e. The van der Waals surface area contributed by atoms with E-state index in [-0.39, 0.29) is 30.3 Å². The molecule has 2 heterocycles. The van der Waals surface area contributed by atoms with Gasteiger partial charge in [0, 0.05) is 43.7 Å². The van der Waals surface area contributed by atoms with Gasteiger partial charge in [0.05, 0.1) is 25.0 Å². The second-order valence-corrected chi connectivity index (χ2v) is 10.5. The zero-order valence-corrected chi connectivity index (χ0v) is 21.8. The van der Waals surface area contributed by atoms with Crippen molar-refractivity contribution in [3.8, 4) is 0 Å². The summed E-state index contributed by atoms with van der Waals surface area (Å²) in [5.74, 6) is -0.690. The molecule has 0 radical (unpaired) electrons. The number of carbonyl (C=O) groups is 2. The number of halogens is 1. The molecule has 1 saturated heterocycles. The van der Waals surface area contributed by atoms with Gasteiger partial charge in [0.1, 0.15) is 12.4 Å². The van der Waals surface area contributed by atoms with Crippen LogP contribution in [0.2, 0.25) is 0 Å². The Balaban J connectivity index is 1.56. The van der Waals surface area contributed by atoms with Crippen LogP contribution in [0.25, 0.3) is 0 Å². The van der Waals surface area contributed by atoms with Gasteiger partial charge in [-0.1, -0.05) is 48.5 Å². The van der Waals surface area contributed by atoms with Gasteiger partial charge in [-0.05, 0) is 32.4 Å². The normalized spacial score (nSPS) is 18.4. The van der Waals surface area contributed by atoms with Crippen molar-refractivity contribution in [2.75, 3.05) is 45.9 Å². The summed E-state index contributed by atoms with van der Waals surface area (Å²) in [5, 5.41) is 8.98. The van der Waals surface area contributed by atoms with Crippen LogP contribution in [0, 0.1) is 5.82 Å². The van der Waals surface area contributed by atoms with Crippen molar-refractivity contribution in [2.45, 2.75) is 38.8 Å². The van der Waals surface area contributed by atoms with E-state index in [1.807, 2.05) is 51.1 Å². The van der Waals surface area contributed by atoms with Crippen LogP contribution < -0.4 is 5.32 Å². The van der Waals surface area contributed by atoms with Crippen LogP contribution in [0.15, 0.2) is 59.7 Å². The standard InChI is InChI=1S/C28H36FN5O3/c1-28(2,3)30-27(36)33(14-13-32-15-17-37-18-16-32)20-26(35)34-25(21-9-5-4-6-10-21)19-24(31-34)22-11-7-8-12-23(22)29/h4-12,25H,13-20H2,1-3H3,(H,30,36)/t25-/m1/s1. The fraction of sp³-hybridized carbons (Fsp3) is 0.464. The number of nitrogens with zero attached hydrogens (tertiary/aromatic N) is 4. The minimum Gasteiger partial charge on any atom is -0.379 e. The number of morpholine rings is 1. The molecule has 4 rings (SSSR count). The van der Waals surface area contributed by atoms with Crippen molar-refractivity contribution in [1.29, 1.82) is 0 Å². The third kappa shape index (κ3) is 7.14. The van der Waals surface area contributed by atoms with E-state index in [9.17, 15) is 14.0 Å². The molecule has 0 saturated carbocycles. The van der Waals surface area contributed by atoms with E-state index in [0.717, 1.165) is 18.7 Å². The highest BCUT2D eigenvalue weighted by Crippen LogP contribution is 2.33. The number of benzene rings is 2. The number of amides is 3. The molecule has 1 fully saturated rings. The van der Waals surface area contributed by atoms with Crippen molar-refractivity contribution in [3.63, 3.8) is 0 Å². The predicted octanol–water partition coefficient (Wildman–Crippen LogP) is 3.65. The Bertz CT molecular complexity index is 1110. The predicted molar refractivity (Wildman–Crippen MR) is 141 cm³/mol. The van der Waals surface area contributed by atoms with E-state index in [4.69, 9.17) is 4.74 Å². The van der Waals surface area contributed by atoms with Crippen molar-refractivity contribution in [3.05, 3.63) is 71.5 Å². The first kappa shape index (κ1) is 26.8. The molecule has 2 aromatic rings. The molecule has 3 amide bonds. The monoisotopic (exact) mass is 509 g/mol. The molecule has 37 heavy (non-hydrogen) atoms. The number of hydrogen-bond acceptors (Lipinski definition) is 5. The highest BCUT2D eigenvalue weighted by Gasteiger charge is 2.35. The van der Waals surface area contributed by atoms with Crippen molar-refractivity contribution < 1.29 is 18.7 Å². The van der Waals surface area contributed by atoms with Crippen molar-refractivity contribution in [1.82, 2.24) is 20.1 Å². The maximum atomic E-state index is 14.6. The Morgan fingerprint density at radius 3 is 2.43 bits per heavy atom. The lowest BCUT2D eigenvalue weighted by Crippen LogP contribution is -2.53. The van der Waals surface area contributed by atoms with Crippen LogP contribution in [-0.4, -0.2) is 83.9 Å². The van der Waals surface area contributed by atoms with Crippen molar-refractivity contribution in [2.24, 2.45) is 5.10 Å². The fourth-order valence-corrected chi connectivity index (χ4v) is 4.51. The minimum absolute atomic E-state index is 0.135. The Labute approximate surface area is 218 Å². The molecule has 198 valence electrons. The first-order chi connectivity index (χ1) is 17.7. The van der Waals surface area contributed by atoms with Gasteiger partial charge >= 0.3 is 6.03 Å². The Hall–Kier alpha value is -3.30. The van der Waals surface area contributed by atoms with E-state index in [2.05, 4.69) is 15.3 Å². The van der Waals surface area contributed by atoms with Gasteiger partial charge in [0.2, 0.25) is 0 Å². The van der Waals surface area contributed by atoms with Gasteiger partial charge in [0.15, 0.2) is 0 Å². The molecular formula is C28H36FN5O3. The van der Waals surface area contributed by atoms with Crippen LogP contribution in [0.4, 0.5) is 9.18 Å². The Morgan fingerprint density at radius 2 is 1.76 bits per heavy atom. The Kier molecular flexibility index (Phi) is 8.56. The van der Waals surface area contributed by atoms with Crippen LogP contribution >= 0.6 is 0 Å². The summed E-state index contributed by atoms with van der Waals surface area (Å²) < 4.78 is 20.0. The number of hydrazone groups is 1. The number of hydrogen-bond donors (Lipinski definition) is 1. The molecule has 1 N–H and O–H groups in total. The second kappa shape index (κ2) is 11.8. The number of nitrogens with one attached hydrogen (secondary N) is 1. The van der Waals surface area contributed by atoms with Gasteiger partial charge in [-0.15, -0.1) is 0 Å². The summed E-state index contributed by atoms with van der Waals surface area (Å²) >= 11 is 0. The highest BCUT2D eigenvalue weighted by atomic mass is 19.1. The van der Waals surface area contributed by atoms with E-state index in [1.54, 1.807) is 23.1 Å². The smallest absolute Gasteiger partial charge is 0.318 e. The summed E-state index contributed by atoms with van der Waals surface area (Å²) in [6.07, 6.45) is 0.388. The maximum Gasteiger partial charge on any atom is 0.318 e. The summed E-state index contributed by atoms with van der Waals surface area (Å²) in [7, 11) is 0. The molecule has 2 aliphatic rings. The van der Waals surface area contributed by atoms with E-state index in [0.29, 0.717) is 44.0 Å². The number of ether oxygens (including phenoxy) is 1. The van der Waals surface area contributed by atoms with Crippen LogP contribution in [-0.2, 0) is 9.53 Å². The molecule has 9 heteroatoms. The summed E-state index contributed by atoms with van der Waals surface area (Å²) in [5.41, 5.74) is 1.35. The lowest BCUT2D eigenvalue weighted by atomic mass is 9.98. The van der Waals surface area contributed by atoms with Crippen LogP contribution in [0.5, 0.6) is 0 Å². The molecule has 0 aliphatic carbocycles. The molecule has 0 unspecified atom stereocenters. The average molecular weight is 510 g/mol. The van der Waals surface area contributed by atoms with Gasteiger partial charge in [0.25, 0.3) is 5.91 Å². The lowest BCUT2D eigenvalue weighted by molar-refractivity contribution is -0.133. The molecule has 0 spiro atoms. The molecule has 8 nitrogen and oxygen atoms in total. The quantitative estimate of drug-likeness (QED) is 0.618. The summed E-state index contributed by atoms with van der Waals surface area (Å²) in [6.45, 7) is 9.52. The molecule has 2 aromatic carbocycles. The minimum atomic E-state index is -0.451. The van der Waals surface area contributed by atoms with Gasteiger partial charge < -0.3 is 15.0 Å². The second-order valence-electron chi connectivity index (χ2n) is 10.5. The first-order valence-corrected chi connectivity index (χ1v) is 12.8. The SMILES string of the molecule is CC(C)(C)NC(=O)N(CCN1CCOCC1)CC(=O)N1N=C(c2ccccc2F)C[C@@H]1c1ccccc1. The van der Waals surface area contributed by atoms with Crippen LogP contribution in [0.1, 0.15) is 44.4 Å². The fourth-order valence-electron chi connectivity index (χ4n) is 4.51. The topological polar surface area (TPSA) is 77.5 Å². The molecular weight excluding hydrogens is 473 g/mol.